The van der Waals surface area contributed by atoms with E-state index < -0.39 is 17.9 Å². The second-order valence-corrected chi connectivity index (χ2v) is 11.8. The van der Waals surface area contributed by atoms with Gasteiger partial charge in [0.2, 0.25) is 11.7 Å². The van der Waals surface area contributed by atoms with Gasteiger partial charge in [-0.3, -0.25) is 14.6 Å². The van der Waals surface area contributed by atoms with Gasteiger partial charge >= 0.3 is 6.09 Å². The van der Waals surface area contributed by atoms with Crippen molar-refractivity contribution in [2.75, 3.05) is 26.7 Å². The maximum atomic E-state index is 13.7. The third kappa shape index (κ3) is 11.3. The van der Waals surface area contributed by atoms with Crippen molar-refractivity contribution in [2.45, 2.75) is 113 Å². The molecule has 0 aromatic heterocycles. The number of carbonyl (C=O) groups is 2. The first-order valence-electron chi connectivity index (χ1n) is 14.8. The largest absolute Gasteiger partial charge is 0.486 e. The summed E-state index contributed by atoms with van der Waals surface area (Å²) in [7, 11) is 1.50. The van der Waals surface area contributed by atoms with Crippen molar-refractivity contribution in [1.29, 1.82) is 0 Å². The SMILES string of the molecule is C.C.C=C(/C=C\C(Cl)=C/C)C(C)Oc1ccc2c(c1)CCN(C(=O)OC(C)(CC)OC)C2C(=O)NCCN(C(C)C)C(C)C. The van der Waals surface area contributed by atoms with Crippen LogP contribution in [-0.4, -0.2) is 72.5 Å². The predicted molar refractivity (Wildman–Crippen MR) is 183 cm³/mol. The van der Waals surface area contributed by atoms with Gasteiger partial charge in [-0.25, -0.2) is 4.79 Å². The number of hydrogen-bond donors (Lipinski definition) is 1. The van der Waals surface area contributed by atoms with E-state index >= 15 is 0 Å². The summed E-state index contributed by atoms with van der Waals surface area (Å²) in [5.74, 6) is -0.683. The van der Waals surface area contributed by atoms with Gasteiger partial charge < -0.3 is 19.5 Å². The molecule has 3 unspecified atom stereocenters. The van der Waals surface area contributed by atoms with Gasteiger partial charge in [-0.15, -0.1) is 0 Å². The molecule has 0 bridgehead atoms. The maximum absolute atomic E-state index is 13.7. The molecule has 0 radical (unpaired) electrons. The number of nitrogens with zero attached hydrogens (tertiary/aromatic N) is 2. The number of halogens is 1. The highest BCUT2D eigenvalue weighted by Gasteiger charge is 2.39. The topological polar surface area (TPSA) is 80.3 Å². The summed E-state index contributed by atoms with van der Waals surface area (Å²) in [6.07, 6.45) is 5.55. The molecule has 250 valence electrons. The molecule has 3 atom stereocenters. The highest BCUT2D eigenvalue weighted by molar-refractivity contribution is 6.31. The van der Waals surface area contributed by atoms with E-state index in [2.05, 4.69) is 44.5 Å². The zero-order chi connectivity index (χ0) is 31.6. The van der Waals surface area contributed by atoms with Crippen LogP contribution in [0.2, 0.25) is 0 Å². The second-order valence-electron chi connectivity index (χ2n) is 11.3. The summed E-state index contributed by atoms with van der Waals surface area (Å²) in [6.45, 7) is 21.5. The summed E-state index contributed by atoms with van der Waals surface area (Å²) in [4.78, 5) is 31.0. The molecule has 0 fully saturated rings. The minimum Gasteiger partial charge on any atom is -0.486 e. The second kappa shape index (κ2) is 18.9. The Balaban J connectivity index is 0.00000924. The number of benzene rings is 1. The van der Waals surface area contributed by atoms with Gasteiger partial charge in [0, 0.05) is 57.2 Å². The van der Waals surface area contributed by atoms with Crippen molar-refractivity contribution in [3.05, 3.63) is 64.7 Å². The van der Waals surface area contributed by atoms with Gasteiger partial charge in [-0.05, 0) is 82.9 Å². The van der Waals surface area contributed by atoms with Gasteiger partial charge in [-0.1, -0.05) is 58.2 Å². The lowest BCUT2D eigenvalue weighted by atomic mass is 9.92. The van der Waals surface area contributed by atoms with Crippen molar-refractivity contribution in [3.8, 4) is 5.75 Å². The molecular weight excluding hydrogens is 578 g/mol. The molecular formula is C35H58ClN3O5. The van der Waals surface area contributed by atoms with Gasteiger partial charge in [0.25, 0.3) is 0 Å². The monoisotopic (exact) mass is 635 g/mol. The van der Waals surface area contributed by atoms with Crippen LogP contribution in [0.15, 0.2) is 53.6 Å². The van der Waals surface area contributed by atoms with Crippen LogP contribution in [0.5, 0.6) is 5.75 Å². The Morgan fingerprint density at radius 3 is 2.36 bits per heavy atom. The molecule has 0 saturated heterocycles. The molecule has 44 heavy (non-hydrogen) atoms. The van der Waals surface area contributed by atoms with Gasteiger partial charge in [0.05, 0.1) is 0 Å². The van der Waals surface area contributed by atoms with Crippen molar-refractivity contribution >= 4 is 23.6 Å². The lowest BCUT2D eigenvalue weighted by Gasteiger charge is -2.38. The Morgan fingerprint density at radius 2 is 1.82 bits per heavy atom. The Morgan fingerprint density at radius 1 is 1.18 bits per heavy atom. The van der Waals surface area contributed by atoms with Crippen molar-refractivity contribution < 1.29 is 23.8 Å². The first-order chi connectivity index (χ1) is 19.8. The first-order valence-corrected chi connectivity index (χ1v) is 15.2. The third-order valence-corrected chi connectivity index (χ3v) is 8.11. The number of nitrogens with one attached hydrogen (secondary N) is 1. The van der Waals surface area contributed by atoms with E-state index in [9.17, 15) is 9.59 Å². The summed E-state index contributed by atoms with van der Waals surface area (Å²) in [6, 6.07) is 5.47. The first kappa shape index (κ1) is 41.2. The number of ether oxygens (including phenoxy) is 3. The number of methoxy groups -OCH3 is 1. The molecule has 8 nitrogen and oxygen atoms in total. The van der Waals surface area contributed by atoms with E-state index in [0.29, 0.717) is 55.3 Å². The van der Waals surface area contributed by atoms with Crippen LogP contribution < -0.4 is 10.1 Å². The number of hydrogen-bond acceptors (Lipinski definition) is 6. The highest BCUT2D eigenvalue weighted by Crippen LogP contribution is 2.34. The lowest BCUT2D eigenvalue weighted by Crippen LogP contribution is -2.50. The molecule has 0 aliphatic carbocycles. The van der Waals surface area contributed by atoms with Crippen LogP contribution in [0.1, 0.15) is 93.8 Å². The fourth-order valence-corrected chi connectivity index (χ4v) is 4.94. The van der Waals surface area contributed by atoms with E-state index in [1.807, 2.05) is 45.0 Å². The standard InChI is InChI=1S/C33H50ClN3O5.2CH4/c1-11-27(34)14-13-24(7)25(8)41-28-15-16-29-26(21-28)17-19-37(32(39)42-33(9,12-2)40-10)30(29)31(38)35-18-20-36(22(3)4)23(5)6;;/h11,13-16,21-23,25,30H,7,12,17-20H2,1-6,8-10H3,(H,35,38);2*1H4/b14-13-,27-11+;;. The molecule has 1 aliphatic heterocycles. The quantitative estimate of drug-likeness (QED) is 0.165. The van der Waals surface area contributed by atoms with Crippen molar-refractivity contribution in [3.63, 3.8) is 0 Å². The normalized spacial score (nSPS) is 17.0. The number of rotatable bonds is 14. The predicted octanol–water partition coefficient (Wildman–Crippen LogP) is 8.02. The Kier molecular flexibility index (Phi) is 17.7. The summed E-state index contributed by atoms with van der Waals surface area (Å²) < 4.78 is 17.4. The van der Waals surface area contributed by atoms with E-state index in [0.717, 1.165) is 16.7 Å². The average Bonchev–Trinajstić information content (AvgIpc) is 2.96. The average molecular weight is 636 g/mol. The van der Waals surface area contributed by atoms with Crippen molar-refractivity contribution in [2.24, 2.45) is 0 Å². The molecule has 1 heterocycles. The smallest absolute Gasteiger partial charge is 0.413 e. The minimum atomic E-state index is -1.09. The number of carbonyl (C=O) groups excluding carboxylic acids is 2. The van der Waals surface area contributed by atoms with Crippen LogP contribution in [0.4, 0.5) is 4.79 Å². The van der Waals surface area contributed by atoms with E-state index in [-0.39, 0.29) is 26.9 Å². The van der Waals surface area contributed by atoms with E-state index in [1.54, 1.807) is 19.1 Å². The highest BCUT2D eigenvalue weighted by atomic mass is 35.5. The van der Waals surface area contributed by atoms with E-state index in [4.69, 9.17) is 25.8 Å². The maximum Gasteiger partial charge on any atom is 0.413 e. The van der Waals surface area contributed by atoms with Crippen LogP contribution in [0, 0.1) is 0 Å². The van der Waals surface area contributed by atoms with Gasteiger partial charge in [0.1, 0.15) is 17.9 Å². The number of allylic oxidation sites excluding steroid dienone is 3. The molecule has 1 aromatic rings. The van der Waals surface area contributed by atoms with Crippen LogP contribution >= 0.6 is 11.6 Å². The Labute approximate surface area is 272 Å². The minimum absolute atomic E-state index is 0. The fourth-order valence-electron chi connectivity index (χ4n) is 4.87. The molecule has 9 heteroatoms. The molecule has 1 N–H and O–H groups in total. The van der Waals surface area contributed by atoms with Gasteiger partial charge in [-0.2, -0.15) is 0 Å². The Hall–Kier alpha value is -2.81. The molecule has 1 aromatic carbocycles. The van der Waals surface area contributed by atoms with E-state index in [1.165, 1.54) is 12.0 Å². The van der Waals surface area contributed by atoms with Gasteiger partial charge in [0.15, 0.2) is 0 Å². The number of amides is 2. The Bertz CT molecular complexity index is 1140. The summed E-state index contributed by atoms with van der Waals surface area (Å²) in [5, 5.41) is 3.69. The molecule has 0 saturated carbocycles. The summed E-state index contributed by atoms with van der Waals surface area (Å²) >= 11 is 6.07. The van der Waals surface area contributed by atoms with Crippen LogP contribution in [0.25, 0.3) is 0 Å². The summed E-state index contributed by atoms with van der Waals surface area (Å²) in [5.41, 5.74) is 2.46. The molecule has 1 aliphatic rings. The van der Waals surface area contributed by atoms with Crippen molar-refractivity contribution in [1.82, 2.24) is 15.1 Å². The molecule has 2 amide bonds. The lowest BCUT2D eigenvalue weighted by molar-refractivity contribution is -0.181. The zero-order valence-electron chi connectivity index (χ0n) is 26.8. The third-order valence-electron chi connectivity index (χ3n) is 7.77. The zero-order valence-corrected chi connectivity index (χ0v) is 27.6. The molecule has 0 spiro atoms. The van der Waals surface area contributed by atoms with Crippen LogP contribution in [0.3, 0.4) is 0 Å². The van der Waals surface area contributed by atoms with Crippen LogP contribution in [-0.2, 0) is 20.7 Å². The number of fused-ring (bicyclic) bond motifs is 1. The fraction of sp³-hybridized carbons (Fsp3) is 0.600. The molecule has 2 rings (SSSR count).